The van der Waals surface area contributed by atoms with Gasteiger partial charge in [0.05, 0.1) is 6.61 Å². The molecule has 2 aromatic heterocycles. The zero-order valence-electron chi connectivity index (χ0n) is 15.6. The van der Waals surface area contributed by atoms with Gasteiger partial charge in [0.2, 0.25) is 0 Å². The SMILES string of the molecule is CCOc1ccc2c(Cc3cccc(C(C)=O)n3)c(C3(C)CC3)[nH]c2c1. The van der Waals surface area contributed by atoms with E-state index in [9.17, 15) is 4.79 Å². The molecule has 0 bridgehead atoms. The maximum atomic E-state index is 11.7. The molecule has 134 valence electrons. The normalized spacial score (nSPS) is 15.2. The molecule has 0 amide bonds. The van der Waals surface area contributed by atoms with E-state index >= 15 is 0 Å². The number of nitrogens with zero attached hydrogens (tertiary/aromatic N) is 1. The van der Waals surface area contributed by atoms with Crippen molar-refractivity contribution in [1.29, 1.82) is 0 Å². The third-order valence-electron chi connectivity index (χ3n) is 5.32. The zero-order chi connectivity index (χ0) is 18.3. The third kappa shape index (κ3) is 3.00. The van der Waals surface area contributed by atoms with Crippen molar-refractivity contribution in [3.8, 4) is 5.75 Å². The Hall–Kier alpha value is -2.62. The summed E-state index contributed by atoms with van der Waals surface area (Å²) in [5.41, 5.74) is 5.38. The predicted octanol–water partition coefficient (Wildman–Crippen LogP) is 4.81. The van der Waals surface area contributed by atoms with E-state index in [0.717, 1.165) is 23.4 Å². The molecule has 0 spiro atoms. The van der Waals surface area contributed by atoms with Crippen molar-refractivity contribution >= 4 is 16.7 Å². The van der Waals surface area contributed by atoms with Crippen molar-refractivity contribution in [3.05, 3.63) is 59.0 Å². The van der Waals surface area contributed by atoms with Crippen molar-refractivity contribution in [2.24, 2.45) is 0 Å². The molecule has 0 aliphatic heterocycles. The maximum Gasteiger partial charge on any atom is 0.178 e. The van der Waals surface area contributed by atoms with Crippen molar-refractivity contribution in [1.82, 2.24) is 9.97 Å². The lowest BCUT2D eigenvalue weighted by Crippen LogP contribution is -2.06. The van der Waals surface area contributed by atoms with Gasteiger partial charge in [0.15, 0.2) is 5.78 Å². The van der Waals surface area contributed by atoms with Gasteiger partial charge in [0, 0.05) is 47.1 Å². The standard InChI is InChI=1S/C22H24N2O2/c1-4-26-16-8-9-17-18(12-15-6-5-7-19(23-15)14(2)25)21(22(3)10-11-22)24-20(17)13-16/h5-9,13,24H,4,10-12H2,1-3H3. The Morgan fingerprint density at radius 2 is 2.08 bits per heavy atom. The van der Waals surface area contributed by atoms with Gasteiger partial charge >= 0.3 is 0 Å². The summed E-state index contributed by atoms with van der Waals surface area (Å²) in [5, 5.41) is 1.21. The number of hydrogen-bond acceptors (Lipinski definition) is 3. The van der Waals surface area contributed by atoms with Gasteiger partial charge in [-0.15, -0.1) is 0 Å². The number of nitrogens with one attached hydrogen (secondary N) is 1. The minimum Gasteiger partial charge on any atom is -0.494 e. The van der Waals surface area contributed by atoms with Gasteiger partial charge in [0.25, 0.3) is 0 Å². The summed E-state index contributed by atoms with van der Waals surface area (Å²) in [6, 6.07) is 11.9. The van der Waals surface area contributed by atoms with Gasteiger partial charge in [-0.25, -0.2) is 4.98 Å². The van der Waals surface area contributed by atoms with E-state index in [-0.39, 0.29) is 11.2 Å². The minimum absolute atomic E-state index is 0.00140. The molecule has 4 rings (SSSR count). The highest BCUT2D eigenvalue weighted by atomic mass is 16.5. The predicted molar refractivity (Wildman–Crippen MR) is 103 cm³/mol. The second-order valence-corrected chi connectivity index (χ2v) is 7.43. The lowest BCUT2D eigenvalue weighted by Gasteiger charge is -2.11. The summed E-state index contributed by atoms with van der Waals surface area (Å²) in [4.78, 5) is 19.9. The highest BCUT2D eigenvalue weighted by Gasteiger charge is 2.42. The molecule has 1 aliphatic carbocycles. The first-order valence-electron chi connectivity index (χ1n) is 9.25. The van der Waals surface area contributed by atoms with E-state index in [0.29, 0.717) is 12.3 Å². The Balaban J connectivity index is 1.80. The van der Waals surface area contributed by atoms with Crippen LogP contribution in [0, 0.1) is 0 Å². The highest BCUT2D eigenvalue weighted by molar-refractivity contribution is 5.92. The maximum absolute atomic E-state index is 11.7. The van der Waals surface area contributed by atoms with Gasteiger partial charge < -0.3 is 9.72 Å². The van der Waals surface area contributed by atoms with Gasteiger partial charge in [-0.1, -0.05) is 13.0 Å². The smallest absolute Gasteiger partial charge is 0.178 e. The third-order valence-corrected chi connectivity index (χ3v) is 5.32. The number of aromatic amines is 1. The van der Waals surface area contributed by atoms with Crippen LogP contribution in [0.25, 0.3) is 10.9 Å². The lowest BCUT2D eigenvalue weighted by atomic mass is 9.96. The Morgan fingerprint density at radius 3 is 2.77 bits per heavy atom. The number of H-pyrrole nitrogens is 1. The van der Waals surface area contributed by atoms with E-state index in [1.54, 1.807) is 13.0 Å². The number of hydrogen-bond donors (Lipinski definition) is 1. The van der Waals surface area contributed by atoms with Crippen LogP contribution in [-0.2, 0) is 11.8 Å². The number of aromatic nitrogens is 2. The number of carbonyl (C=O) groups excluding carboxylic acids is 1. The largest absolute Gasteiger partial charge is 0.494 e. The molecule has 1 saturated carbocycles. The summed E-state index contributed by atoms with van der Waals surface area (Å²) >= 11 is 0. The van der Waals surface area contributed by atoms with Crippen molar-refractivity contribution in [3.63, 3.8) is 0 Å². The zero-order valence-corrected chi connectivity index (χ0v) is 15.6. The summed E-state index contributed by atoms with van der Waals surface area (Å²) in [6.07, 6.45) is 3.12. The molecule has 2 heterocycles. The average Bonchev–Trinajstić information content (AvgIpc) is 3.27. The highest BCUT2D eigenvalue weighted by Crippen LogP contribution is 2.50. The number of benzene rings is 1. The van der Waals surface area contributed by atoms with Crippen LogP contribution in [0.5, 0.6) is 5.75 Å². The molecule has 1 aromatic carbocycles. The Kier molecular flexibility index (Phi) is 4.06. The van der Waals surface area contributed by atoms with Gasteiger partial charge in [-0.3, -0.25) is 4.79 Å². The molecule has 0 radical (unpaired) electrons. The number of carbonyl (C=O) groups is 1. The molecule has 1 fully saturated rings. The fraction of sp³-hybridized carbons (Fsp3) is 0.364. The molecule has 26 heavy (non-hydrogen) atoms. The van der Waals surface area contributed by atoms with Gasteiger partial charge in [-0.05, 0) is 49.6 Å². The number of pyridine rings is 1. The summed E-state index contributed by atoms with van der Waals surface area (Å²) in [6.45, 7) is 6.52. The first-order valence-corrected chi connectivity index (χ1v) is 9.25. The van der Waals surface area contributed by atoms with E-state index in [1.165, 1.54) is 29.5 Å². The molecule has 4 nitrogen and oxygen atoms in total. The van der Waals surface area contributed by atoms with Crippen molar-refractivity contribution in [2.45, 2.75) is 45.4 Å². The average molecular weight is 348 g/mol. The first-order chi connectivity index (χ1) is 12.5. The van der Waals surface area contributed by atoms with E-state index < -0.39 is 0 Å². The number of fused-ring (bicyclic) bond motifs is 1. The molecule has 4 heteroatoms. The van der Waals surface area contributed by atoms with Gasteiger partial charge in [-0.2, -0.15) is 0 Å². The molecule has 1 N–H and O–H groups in total. The van der Waals surface area contributed by atoms with Crippen molar-refractivity contribution in [2.75, 3.05) is 6.61 Å². The van der Waals surface area contributed by atoms with Crippen molar-refractivity contribution < 1.29 is 9.53 Å². The molecule has 3 aromatic rings. The van der Waals surface area contributed by atoms with Crippen LogP contribution in [0.3, 0.4) is 0 Å². The van der Waals surface area contributed by atoms with E-state index in [2.05, 4.69) is 29.0 Å². The lowest BCUT2D eigenvalue weighted by molar-refractivity contribution is 0.101. The van der Waals surface area contributed by atoms with E-state index in [1.807, 2.05) is 25.1 Å². The molecular weight excluding hydrogens is 324 g/mol. The minimum atomic E-state index is 0.00140. The number of rotatable bonds is 6. The first kappa shape index (κ1) is 16.8. The fourth-order valence-electron chi connectivity index (χ4n) is 3.58. The van der Waals surface area contributed by atoms with Crippen LogP contribution >= 0.6 is 0 Å². The molecule has 0 unspecified atom stereocenters. The van der Waals surface area contributed by atoms with Crippen LogP contribution in [0.4, 0.5) is 0 Å². The van der Waals surface area contributed by atoms with E-state index in [4.69, 9.17) is 4.74 Å². The monoisotopic (exact) mass is 348 g/mol. The summed E-state index contributed by atoms with van der Waals surface area (Å²) < 4.78 is 5.65. The summed E-state index contributed by atoms with van der Waals surface area (Å²) in [7, 11) is 0. The molecule has 0 saturated heterocycles. The van der Waals surface area contributed by atoms with Crippen LogP contribution in [0.15, 0.2) is 36.4 Å². The number of Topliss-reactive ketones (excluding diaryl/α,β-unsaturated/α-hetero) is 1. The van der Waals surface area contributed by atoms with Gasteiger partial charge in [0.1, 0.15) is 11.4 Å². The Bertz CT molecular complexity index is 983. The van der Waals surface area contributed by atoms with Crippen LogP contribution in [0.2, 0.25) is 0 Å². The molecule has 1 aliphatic rings. The quantitative estimate of drug-likeness (QED) is 0.651. The fourth-order valence-corrected chi connectivity index (χ4v) is 3.58. The Morgan fingerprint density at radius 1 is 1.27 bits per heavy atom. The van der Waals surface area contributed by atoms with Crippen LogP contribution in [-0.4, -0.2) is 22.4 Å². The number of ketones is 1. The second kappa shape index (κ2) is 6.27. The Labute approximate surface area is 153 Å². The second-order valence-electron chi connectivity index (χ2n) is 7.43. The van der Waals surface area contributed by atoms with Crippen LogP contribution < -0.4 is 4.74 Å². The molecular formula is C22H24N2O2. The summed E-state index contributed by atoms with van der Waals surface area (Å²) in [5.74, 6) is 0.888. The van der Waals surface area contributed by atoms with Crippen LogP contribution in [0.1, 0.15) is 61.1 Å². The molecule has 0 atom stereocenters. The topological polar surface area (TPSA) is 55.0 Å². The number of ether oxygens (including phenoxy) is 1.